The quantitative estimate of drug-likeness (QED) is 0.899. The molecule has 0 saturated heterocycles. The topological polar surface area (TPSA) is 56.7 Å². The highest BCUT2D eigenvalue weighted by atomic mass is 35.5. The van der Waals surface area contributed by atoms with Crippen LogP contribution in [-0.4, -0.2) is 14.8 Å². The van der Waals surface area contributed by atoms with Gasteiger partial charge in [0.15, 0.2) is 0 Å². The maximum atomic E-state index is 6.00. The van der Waals surface area contributed by atoms with Gasteiger partial charge in [-0.3, -0.25) is 4.68 Å². The number of hydrogen-bond acceptors (Lipinski definition) is 3. The highest BCUT2D eigenvalue weighted by Gasteiger charge is 2.07. The van der Waals surface area contributed by atoms with E-state index in [1.807, 2.05) is 6.92 Å². The van der Waals surface area contributed by atoms with E-state index in [-0.39, 0.29) is 0 Å². The first-order valence-corrected chi connectivity index (χ1v) is 5.42. The Labute approximate surface area is 103 Å². The zero-order valence-electron chi connectivity index (χ0n) is 8.61. The van der Waals surface area contributed by atoms with Crippen molar-refractivity contribution in [1.29, 1.82) is 0 Å². The molecule has 2 rings (SSSR count). The Hall–Kier alpha value is -1.26. The lowest BCUT2D eigenvalue weighted by atomic mass is 10.3. The van der Waals surface area contributed by atoms with Gasteiger partial charge in [-0.05, 0) is 19.1 Å². The molecule has 0 aliphatic carbocycles. The third kappa shape index (κ3) is 2.28. The number of pyridine rings is 1. The summed E-state index contributed by atoms with van der Waals surface area (Å²) in [6, 6.07) is 3.38. The lowest BCUT2D eigenvalue weighted by Gasteiger charge is -2.04. The molecule has 0 spiro atoms. The number of aromatic nitrogens is 3. The van der Waals surface area contributed by atoms with Crippen LogP contribution in [0.25, 0.3) is 0 Å². The van der Waals surface area contributed by atoms with Gasteiger partial charge in [-0.1, -0.05) is 23.2 Å². The molecule has 0 aliphatic heterocycles. The summed E-state index contributed by atoms with van der Waals surface area (Å²) in [5.74, 6) is 0.439. The molecule has 0 fully saturated rings. The van der Waals surface area contributed by atoms with Crippen LogP contribution in [0, 0.1) is 6.92 Å². The predicted octanol–water partition coefficient (Wildman–Crippen LogP) is 2.52. The van der Waals surface area contributed by atoms with Crippen molar-refractivity contribution in [2.75, 3.05) is 5.73 Å². The SMILES string of the molecule is Cc1nn(Cc2nc(N)ccc2Cl)cc1Cl. The van der Waals surface area contributed by atoms with Crippen LogP contribution in [0.2, 0.25) is 10.0 Å². The Morgan fingerprint density at radius 1 is 1.31 bits per heavy atom. The summed E-state index contributed by atoms with van der Waals surface area (Å²) < 4.78 is 1.69. The van der Waals surface area contributed by atoms with E-state index in [9.17, 15) is 0 Å². The van der Waals surface area contributed by atoms with Gasteiger partial charge < -0.3 is 5.73 Å². The number of aryl methyl sites for hydroxylation is 1. The summed E-state index contributed by atoms with van der Waals surface area (Å²) in [5.41, 5.74) is 7.05. The van der Waals surface area contributed by atoms with Gasteiger partial charge in [-0.25, -0.2) is 4.98 Å². The zero-order chi connectivity index (χ0) is 11.7. The summed E-state index contributed by atoms with van der Waals surface area (Å²) in [7, 11) is 0. The summed E-state index contributed by atoms with van der Waals surface area (Å²) in [6.45, 7) is 2.30. The van der Waals surface area contributed by atoms with E-state index in [0.29, 0.717) is 28.1 Å². The summed E-state index contributed by atoms with van der Waals surface area (Å²) in [5, 5.41) is 5.41. The van der Waals surface area contributed by atoms with Crippen molar-refractivity contribution < 1.29 is 0 Å². The fourth-order valence-corrected chi connectivity index (χ4v) is 1.66. The third-order valence-corrected chi connectivity index (χ3v) is 2.85. The number of nitrogen functional groups attached to an aromatic ring is 1. The van der Waals surface area contributed by atoms with E-state index in [0.717, 1.165) is 5.69 Å². The van der Waals surface area contributed by atoms with Crippen molar-refractivity contribution in [3.63, 3.8) is 0 Å². The highest BCUT2D eigenvalue weighted by Crippen LogP contribution is 2.18. The van der Waals surface area contributed by atoms with E-state index in [4.69, 9.17) is 28.9 Å². The zero-order valence-corrected chi connectivity index (χ0v) is 10.1. The predicted molar refractivity (Wildman–Crippen MR) is 64.7 cm³/mol. The van der Waals surface area contributed by atoms with E-state index in [1.54, 1.807) is 23.0 Å². The van der Waals surface area contributed by atoms with E-state index in [2.05, 4.69) is 10.1 Å². The van der Waals surface area contributed by atoms with Gasteiger partial charge in [0.2, 0.25) is 0 Å². The maximum absolute atomic E-state index is 6.00. The molecule has 2 heterocycles. The lowest BCUT2D eigenvalue weighted by Crippen LogP contribution is -2.04. The number of nitrogens with zero attached hydrogens (tertiary/aromatic N) is 3. The van der Waals surface area contributed by atoms with Crippen molar-refractivity contribution >= 4 is 29.0 Å². The average Bonchev–Trinajstić information content (AvgIpc) is 2.52. The Morgan fingerprint density at radius 3 is 2.69 bits per heavy atom. The molecule has 16 heavy (non-hydrogen) atoms. The first-order valence-electron chi connectivity index (χ1n) is 4.66. The van der Waals surface area contributed by atoms with Gasteiger partial charge in [-0.15, -0.1) is 0 Å². The molecule has 0 radical (unpaired) electrons. The molecule has 4 nitrogen and oxygen atoms in total. The summed E-state index contributed by atoms with van der Waals surface area (Å²) in [4.78, 5) is 4.15. The standard InChI is InChI=1S/C10H10Cl2N4/c1-6-8(12)4-16(15-6)5-9-7(11)2-3-10(13)14-9/h2-4H,5H2,1H3,(H2,13,14). The van der Waals surface area contributed by atoms with Gasteiger partial charge in [0, 0.05) is 6.20 Å². The molecule has 0 aliphatic rings. The Balaban J connectivity index is 2.29. The minimum Gasteiger partial charge on any atom is -0.384 e. The molecule has 0 aromatic carbocycles. The van der Waals surface area contributed by atoms with Gasteiger partial charge in [0.25, 0.3) is 0 Å². The summed E-state index contributed by atoms with van der Waals surface area (Å²) in [6.07, 6.45) is 1.73. The third-order valence-electron chi connectivity index (χ3n) is 2.14. The molecule has 0 amide bonds. The highest BCUT2D eigenvalue weighted by molar-refractivity contribution is 6.31. The monoisotopic (exact) mass is 256 g/mol. The van der Waals surface area contributed by atoms with Crippen LogP contribution in [0.15, 0.2) is 18.3 Å². The van der Waals surface area contributed by atoms with Gasteiger partial charge in [-0.2, -0.15) is 5.10 Å². The molecule has 2 aromatic heterocycles. The first kappa shape index (κ1) is 11.2. The second-order valence-electron chi connectivity index (χ2n) is 3.42. The van der Waals surface area contributed by atoms with E-state index in [1.165, 1.54) is 0 Å². The first-order chi connectivity index (χ1) is 7.56. The van der Waals surface area contributed by atoms with E-state index >= 15 is 0 Å². The van der Waals surface area contributed by atoms with Gasteiger partial charge in [0.1, 0.15) is 5.82 Å². The molecule has 0 unspecified atom stereocenters. The molecular formula is C10H10Cl2N4. The van der Waals surface area contributed by atoms with Crippen molar-refractivity contribution in [3.05, 3.63) is 39.8 Å². The molecular weight excluding hydrogens is 247 g/mol. The molecule has 2 N–H and O–H groups in total. The van der Waals surface area contributed by atoms with E-state index < -0.39 is 0 Å². The van der Waals surface area contributed by atoms with Crippen LogP contribution in [0.3, 0.4) is 0 Å². The molecule has 0 saturated carbocycles. The molecule has 84 valence electrons. The van der Waals surface area contributed by atoms with Crippen LogP contribution >= 0.6 is 23.2 Å². The fourth-order valence-electron chi connectivity index (χ4n) is 1.34. The average molecular weight is 257 g/mol. The van der Waals surface area contributed by atoms with Crippen LogP contribution in [0.5, 0.6) is 0 Å². The molecule has 6 heteroatoms. The van der Waals surface area contributed by atoms with Crippen molar-refractivity contribution in [1.82, 2.24) is 14.8 Å². The van der Waals surface area contributed by atoms with Crippen molar-refractivity contribution in [3.8, 4) is 0 Å². The minimum atomic E-state index is 0.439. The van der Waals surface area contributed by atoms with Gasteiger partial charge >= 0.3 is 0 Å². The second kappa shape index (κ2) is 4.31. The van der Waals surface area contributed by atoms with Crippen LogP contribution in [-0.2, 0) is 6.54 Å². The van der Waals surface area contributed by atoms with Crippen LogP contribution in [0.1, 0.15) is 11.4 Å². The van der Waals surface area contributed by atoms with Gasteiger partial charge in [0.05, 0.1) is 28.0 Å². The number of anilines is 1. The smallest absolute Gasteiger partial charge is 0.123 e. The largest absolute Gasteiger partial charge is 0.384 e. The number of rotatable bonds is 2. The number of halogens is 2. The molecule has 0 bridgehead atoms. The molecule has 0 atom stereocenters. The maximum Gasteiger partial charge on any atom is 0.123 e. The van der Waals surface area contributed by atoms with Crippen LogP contribution < -0.4 is 5.73 Å². The lowest BCUT2D eigenvalue weighted by molar-refractivity contribution is 0.667. The minimum absolute atomic E-state index is 0.439. The molecule has 2 aromatic rings. The summed E-state index contributed by atoms with van der Waals surface area (Å²) >= 11 is 11.9. The van der Waals surface area contributed by atoms with Crippen LogP contribution in [0.4, 0.5) is 5.82 Å². The Kier molecular flexibility index (Phi) is 3.03. The van der Waals surface area contributed by atoms with Crippen molar-refractivity contribution in [2.45, 2.75) is 13.5 Å². The second-order valence-corrected chi connectivity index (χ2v) is 4.24. The fraction of sp³-hybridized carbons (Fsp3) is 0.200. The number of nitrogens with two attached hydrogens (primary N) is 1. The Morgan fingerprint density at radius 2 is 2.06 bits per heavy atom. The van der Waals surface area contributed by atoms with Crippen molar-refractivity contribution in [2.24, 2.45) is 0 Å². The number of hydrogen-bond donors (Lipinski definition) is 1. The normalized spacial score (nSPS) is 10.7. The Bertz CT molecular complexity index is 502.